The highest BCUT2D eigenvalue weighted by atomic mass is 16.5. The number of hydrogen-bond acceptors (Lipinski definition) is 3. The SMILES string of the molecule is COc1cc(C(=O)/C=C/N(C)C)ccc1C. The van der Waals surface area contributed by atoms with Crippen LogP contribution in [0.4, 0.5) is 0 Å². The smallest absolute Gasteiger partial charge is 0.187 e. The number of carbonyl (C=O) groups is 1. The van der Waals surface area contributed by atoms with Crippen molar-refractivity contribution in [2.24, 2.45) is 0 Å². The van der Waals surface area contributed by atoms with Gasteiger partial charge < -0.3 is 9.64 Å². The van der Waals surface area contributed by atoms with Crippen LogP contribution in [0.15, 0.2) is 30.5 Å². The maximum atomic E-state index is 11.8. The van der Waals surface area contributed by atoms with Gasteiger partial charge in [-0.05, 0) is 18.6 Å². The van der Waals surface area contributed by atoms with E-state index in [1.807, 2.05) is 32.0 Å². The van der Waals surface area contributed by atoms with Gasteiger partial charge >= 0.3 is 0 Å². The number of methoxy groups -OCH3 is 1. The van der Waals surface area contributed by atoms with E-state index in [4.69, 9.17) is 4.74 Å². The summed E-state index contributed by atoms with van der Waals surface area (Å²) < 4.78 is 5.17. The molecule has 0 aliphatic heterocycles. The van der Waals surface area contributed by atoms with Crippen molar-refractivity contribution >= 4 is 5.78 Å². The highest BCUT2D eigenvalue weighted by molar-refractivity contribution is 6.04. The van der Waals surface area contributed by atoms with E-state index in [2.05, 4.69) is 0 Å². The maximum absolute atomic E-state index is 11.8. The molecule has 0 aliphatic carbocycles. The first-order chi connectivity index (χ1) is 7.54. The molecule has 1 rings (SSSR count). The highest BCUT2D eigenvalue weighted by Crippen LogP contribution is 2.19. The molecule has 0 unspecified atom stereocenters. The lowest BCUT2D eigenvalue weighted by atomic mass is 10.1. The Labute approximate surface area is 96.3 Å². The van der Waals surface area contributed by atoms with E-state index >= 15 is 0 Å². The molecule has 0 fully saturated rings. The summed E-state index contributed by atoms with van der Waals surface area (Å²) in [6, 6.07) is 5.45. The van der Waals surface area contributed by atoms with Crippen molar-refractivity contribution in [3.63, 3.8) is 0 Å². The van der Waals surface area contributed by atoms with Crippen molar-refractivity contribution in [3.05, 3.63) is 41.6 Å². The van der Waals surface area contributed by atoms with E-state index in [0.29, 0.717) is 5.56 Å². The lowest BCUT2D eigenvalue weighted by Crippen LogP contribution is -2.03. The third-order valence-electron chi connectivity index (χ3n) is 2.22. The van der Waals surface area contributed by atoms with Crippen LogP contribution in [0.5, 0.6) is 5.75 Å². The zero-order valence-corrected chi connectivity index (χ0v) is 10.2. The molecule has 3 nitrogen and oxygen atoms in total. The Morgan fingerprint density at radius 2 is 2.06 bits per heavy atom. The molecule has 1 aromatic carbocycles. The molecule has 0 aliphatic rings. The number of carbonyl (C=O) groups excluding carboxylic acids is 1. The summed E-state index contributed by atoms with van der Waals surface area (Å²) in [5.41, 5.74) is 1.66. The van der Waals surface area contributed by atoms with Crippen LogP contribution in [0.25, 0.3) is 0 Å². The number of allylic oxidation sites excluding steroid dienone is 1. The Hall–Kier alpha value is -1.77. The zero-order valence-electron chi connectivity index (χ0n) is 10.2. The van der Waals surface area contributed by atoms with Crippen LogP contribution < -0.4 is 4.74 Å². The minimum atomic E-state index is -0.0213. The summed E-state index contributed by atoms with van der Waals surface area (Å²) in [5, 5.41) is 0. The van der Waals surface area contributed by atoms with E-state index in [1.165, 1.54) is 0 Å². The molecule has 0 spiro atoms. The van der Waals surface area contributed by atoms with Gasteiger partial charge in [0.15, 0.2) is 5.78 Å². The summed E-state index contributed by atoms with van der Waals surface area (Å²) in [7, 11) is 5.35. The van der Waals surface area contributed by atoms with Crippen molar-refractivity contribution in [2.45, 2.75) is 6.92 Å². The highest BCUT2D eigenvalue weighted by Gasteiger charge is 2.05. The average Bonchev–Trinajstić information content (AvgIpc) is 2.26. The maximum Gasteiger partial charge on any atom is 0.187 e. The molecule has 0 radical (unpaired) electrons. The lowest BCUT2D eigenvalue weighted by Gasteiger charge is -2.06. The fraction of sp³-hybridized carbons (Fsp3) is 0.308. The number of benzene rings is 1. The van der Waals surface area contributed by atoms with Crippen LogP contribution in [0, 0.1) is 6.92 Å². The Kier molecular flexibility index (Phi) is 4.11. The summed E-state index contributed by atoms with van der Waals surface area (Å²) in [5.74, 6) is 0.719. The van der Waals surface area contributed by atoms with Gasteiger partial charge in [-0.15, -0.1) is 0 Å². The first kappa shape index (κ1) is 12.3. The quantitative estimate of drug-likeness (QED) is 0.574. The number of ether oxygens (including phenoxy) is 1. The Morgan fingerprint density at radius 3 is 2.62 bits per heavy atom. The Balaban J connectivity index is 2.92. The van der Waals surface area contributed by atoms with Crippen molar-refractivity contribution in [3.8, 4) is 5.75 Å². The van der Waals surface area contributed by atoms with Crippen LogP contribution in [0.1, 0.15) is 15.9 Å². The van der Waals surface area contributed by atoms with Crippen LogP contribution in [0.2, 0.25) is 0 Å². The van der Waals surface area contributed by atoms with Crippen molar-refractivity contribution in [1.82, 2.24) is 4.90 Å². The van der Waals surface area contributed by atoms with Gasteiger partial charge in [-0.1, -0.05) is 12.1 Å². The monoisotopic (exact) mass is 219 g/mol. The van der Waals surface area contributed by atoms with Gasteiger partial charge in [0.05, 0.1) is 7.11 Å². The third kappa shape index (κ3) is 3.12. The first-order valence-corrected chi connectivity index (χ1v) is 5.08. The molecule has 0 N–H and O–H groups in total. The summed E-state index contributed by atoms with van der Waals surface area (Å²) in [6.07, 6.45) is 3.28. The van der Waals surface area contributed by atoms with Gasteiger partial charge in [-0.25, -0.2) is 0 Å². The molecule has 0 amide bonds. The molecule has 0 bridgehead atoms. The number of hydrogen-bond donors (Lipinski definition) is 0. The molecule has 0 heterocycles. The fourth-order valence-corrected chi connectivity index (χ4v) is 1.29. The molecule has 0 atom stereocenters. The molecule has 16 heavy (non-hydrogen) atoms. The summed E-state index contributed by atoms with van der Waals surface area (Å²) in [4.78, 5) is 13.6. The minimum absolute atomic E-state index is 0.0213. The number of nitrogens with zero attached hydrogens (tertiary/aromatic N) is 1. The van der Waals surface area contributed by atoms with Gasteiger partial charge in [0.25, 0.3) is 0 Å². The molecule has 3 heteroatoms. The standard InChI is InChI=1S/C13H17NO2/c1-10-5-6-11(9-13(10)16-4)12(15)7-8-14(2)3/h5-9H,1-4H3/b8-7+. The van der Waals surface area contributed by atoms with Gasteiger partial charge in [-0.2, -0.15) is 0 Å². The van der Waals surface area contributed by atoms with Crippen LogP contribution in [0.3, 0.4) is 0 Å². The Morgan fingerprint density at radius 1 is 1.38 bits per heavy atom. The second-order valence-corrected chi connectivity index (χ2v) is 3.83. The van der Waals surface area contributed by atoms with E-state index in [-0.39, 0.29) is 5.78 Å². The molecule has 0 aromatic heterocycles. The summed E-state index contributed by atoms with van der Waals surface area (Å²) >= 11 is 0. The predicted molar refractivity (Wildman–Crippen MR) is 64.9 cm³/mol. The van der Waals surface area contributed by atoms with Gasteiger partial charge in [0.1, 0.15) is 5.75 Å². The number of rotatable bonds is 4. The van der Waals surface area contributed by atoms with Crippen molar-refractivity contribution < 1.29 is 9.53 Å². The second kappa shape index (κ2) is 5.35. The molecule has 0 saturated carbocycles. The van der Waals surface area contributed by atoms with E-state index in [0.717, 1.165) is 11.3 Å². The van der Waals surface area contributed by atoms with Gasteiger partial charge in [-0.3, -0.25) is 4.79 Å². The lowest BCUT2D eigenvalue weighted by molar-refractivity contribution is 0.104. The van der Waals surface area contributed by atoms with Gasteiger partial charge in [0, 0.05) is 31.9 Å². The van der Waals surface area contributed by atoms with Crippen molar-refractivity contribution in [1.29, 1.82) is 0 Å². The Bertz CT molecular complexity index is 408. The third-order valence-corrected chi connectivity index (χ3v) is 2.22. The van der Waals surface area contributed by atoms with Crippen molar-refractivity contribution in [2.75, 3.05) is 21.2 Å². The molecule has 86 valence electrons. The van der Waals surface area contributed by atoms with Crippen LogP contribution >= 0.6 is 0 Å². The minimum Gasteiger partial charge on any atom is -0.496 e. The van der Waals surface area contributed by atoms with E-state index in [1.54, 1.807) is 31.5 Å². The van der Waals surface area contributed by atoms with Gasteiger partial charge in [0.2, 0.25) is 0 Å². The zero-order chi connectivity index (χ0) is 12.1. The molecular formula is C13H17NO2. The molecular weight excluding hydrogens is 202 g/mol. The average molecular weight is 219 g/mol. The van der Waals surface area contributed by atoms with Crippen LogP contribution in [-0.2, 0) is 0 Å². The van der Waals surface area contributed by atoms with Crippen LogP contribution in [-0.4, -0.2) is 31.9 Å². The fourth-order valence-electron chi connectivity index (χ4n) is 1.29. The normalized spacial score (nSPS) is 10.5. The second-order valence-electron chi connectivity index (χ2n) is 3.83. The number of ketones is 1. The first-order valence-electron chi connectivity index (χ1n) is 5.08. The predicted octanol–water partition coefficient (Wildman–Crippen LogP) is 2.26. The molecule has 0 saturated heterocycles. The number of aryl methyl sites for hydroxylation is 1. The van der Waals surface area contributed by atoms with E-state index < -0.39 is 0 Å². The summed E-state index contributed by atoms with van der Waals surface area (Å²) in [6.45, 7) is 1.95. The molecule has 1 aromatic rings. The topological polar surface area (TPSA) is 29.5 Å². The largest absolute Gasteiger partial charge is 0.496 e. The van der Waals surface area contributed by atoms with E-state index in [9.17, 15) is 4.79 Å².